The summed E-state index contributed by atoms with van der Waals surface area (Å²) in [5.74, 6) is -0.348. The molecular formula is C22H31N3O4. The highest BCUT2D eigenvalue weighted by atomic mass is 16.6. The van der Waals surface area contributed by atoms with Crippen molar-refractivity contribution >= 4 is 28.7 Å². The van der Waals surface area contributed by atoms with E-state index in [4.69, 9.17) is 9.47 Å². The van der Waals surface area contributed by atoms with Crippen molar-refractivity contribution in [3.05, 3.63) is 30.0 Å². The van der Waals surface area contributed by atoms with Crippen molar-refractivity contribution in [2.45, 2.75) is 52.2 Å². The number of carbonyl (C=O) groups is 2. The quantitative estimate of drug-likeness (QED) is 0.778. The van der Waals surface area contributed by atoms with Gasteiger partial charge in [-0.2, -0.15) is 0 Å². The highest BCUT2D eigenvalue weighted by Gasteiger charge is 2.30. The molecular weight excluding hydrogens is 370 g/mol. The number of H-pyrrole nitrogens is 1. The lowest BCUT2D eigenvalue weighted by molar-refractivity contribution is 0.0149. The number of ether oxygens (including phenoxy) is 2. The van der Waals surface area contributed by atoms with Gasteiger partial charge >= 0.3 is 12.1 Å². The zero-order valence-electron chi connectivity index (χ0n) is 17.9. The van der Waals surface area contributed by atoms with Crippen LogP contribution in [0.2, 0.25) is 0 Å². The van der Waals surface area contributed by atoms with Crippen LogP contribution in [0.25, 0.3) is 10.9 Å². The Morgan fingerprint density at radius 2 is 1.90 bits per heavy atom. The minimum atomic E-state index is -0.494. The standard InChI is InChI=1S/C22H31N3O4/c1-6-25(21(27)29-22(2,3)4)15-10-13-24(14-11-15)18-8-7-17(20(26)28-5)19-16(18)9-12-23-19/h7-9,12,15,23H,6,10-11,13-14H2,1-5H3. The van der Waals surface area contributed by atoms with Gasteiger partial charge in [0, 0.05) is 42.9 Å². The van der Waals surface area contributed by atoms with Crippen LogP contribution in [0.15, 0.2) is 24.4 Å². The van der Waals surface area contributed by atoms with Gasteiger partial charge in [-0.05, 0) is 58.7 Å². The van der Waals surface area contributed by atoms with Crippen LogP contribution in [0, 0.1) is 0 Å². The first kappa shape index (κ1) is 21.0. The molecule has 1 amide bonds. The molecule has 1 N–H and O–H groups in total. The number of fused-ring (bicyclic) bond motifs is 1. The second kappa shape index (κ2) is 8.35. The number of methoxy groups -OCH3 is 1. The van der Waals surface area contributed by atoms with Crippen LogP contribution in [0.4, 0.5) is 10.5 Å². The smallest absolute Gasteiger partial charge is 0.410 e. The third-order valence-electron chi connectivity index (χ3n) is 5.32. The topological polar surface area (TPSA) is 74.9 Å². The lowest BCUT2D eigenvalue weighted by Crippen LogP contribution is -2.48. The normalized spacial score (nSPS) is 15.4. The summed E-state index contributed by atoms with van der Waals surface area (Å²) in [4.78, 5) is 31.9. The summed E-state index contributed by atoms with van der Waals surface area (Å²) in [5.41, 5.74) is 1.92. The number of nitrogens with zero attached hydrogens (tertiary/aromatic N) is 2. The van der Waals surface area contributed by atoms with Gasteiger partial charge in [-0.1, -0.05) is 0 Å². The average molecular weight is 402 g/mol. The summed E-state index contributed by atoms with van der Waals surface area (Å²) in [5, 5.41) is 1.01. The van der Waals surface area contributed by atoms with Gasteiger partial charge < -0.3 is 24.3 Å². The predicted molar refractivity (Wildman–Crippen MR) is 113 cm³/mol. The molecule has 2 aromatic rings. The number of piperidine rings is 1. The highest BCUT2D eigenvalue weighted by molar-refractivity contribution is 6.07. The van der Waals surface area contributed by atoms with Crippen molar-refractivity contribution in [1.29, 1.82) is 0 Å². The van der Waals surface area contributed by atoms with E-state index in [0.29, 0.717) is 12.1 Å². The maximum absolute atomic E-state index is 12.6. The predicted octanol–water partition coefficient (Wildman–Crippen LogP) is 4.18. The van der Waals surface area contributed by atoms with Crippen LogP contribution in [0.1, 0.15) is 50.9 Å². The van der Waals surface area contributed by atoms with Gasteiger partial charge in [0.2, 0.25) is 0 Å². The first-order valence-corrected chi connectivity index (χ1v) is 10.2. The van der Waals surface area contributed by atoms with E-state index < -0.39 is 5.60 Å². The number of benzene rings is 1. The first-order chi connectivity index (χ1) is 13.7. The van der Waals surface area contributed by atoms with Crippen LogP contribution in [-0.4, -0.2) is 60.3 Å². The molecule has 158 valence electrons. The molecule has 0 radical (unpaired) electrons. The number of esters is 1. The maximum atomic E-state index is 12.6. The molecule has 2 heterocycles. The van der Waals surface area contributed by atoms with Crippen LogP contribution in [0.3, 0.4) is 0 Å². The summed E-state index contributed by atoms with van der Waals surface area (Å²) in [6.45, 7) is 9.97. The summed E-state index contributed by atoms with van der Waals surface area (Å²) in [6, 6.07) is 5.95. The van der Waals surface area contributed by atoms with E-state index in [1.807, 2.05) is 57.0 Å². The van der Waals surface area contributed by atoms with E-state index in [0.717, 1.165) is 42.5 Å². The second-order valence-electron chi connectivity index (χ2n) is 8.37. The molecule has 0 saturated carbocycles. The van der Waals surface area contributed by atoms with Crippen LogP contribution >= 0.6 is 0 Å². The zero-order valence-corrected chi connectivity index (χ0v) is 17.9. The molecule has 3 rings (SSSR count). The number of aromatic amines is 1. The number of amides is 1. The minimum Gasteiger partial charge on any atom is -0.465 e. The van der Waals surface area contributed by atoms with Crippen molar-refractivity contribution in [3.8, 4) is 0 Å². The van der Waals surface area contributed by atoms with E-state index in [-0.39, 0.29) is 18.1 Å². The van der Waals surface area contributed by atoms with Crippen LogP contribution < -0.4 is 4.90 Å². The van der Waals surface area contributed by atoms with Crippen LogP contribution in [-0.2, 0) is 9.47 Å². The Bertz CT molecular complexity index is 876. The molecule has 7 nitrogen and oxygen atoms in total. The maximum Gasteiger partial charge on any atom is 0.410 e. The first-order valence-electron chi connectivity index (χ1n) is 10.2. The Morgan fingerprint density at radius 1 is 1.21 bits per heavy atom. The Balaban J connectivity index is 1.73. The van der Waals surface area contributed by atoms with E-state index in [9.17, 15) is 9.59 Å². The Morgan fingerprint density at radius 3 is 2.48 bits per heavy atom. The van der Waals surface area contributed by atoms with Gasteiger partial charge in [-0.25, -0.2) is 9.59 Å². The molecule has 0 aliphatic carbocycles. The van der Waals surface area contributed by atoms with Crippen molar-refractivity contribution < 1.29 is 19.1 Å². The number of carbonyl (C=O) groups excluding carboxylic acids is 2. The highest BCUT2D eigenvalue weighted by Crippen LogP contribution is 2.32. The summed E-state index contributed by atoms with van der Waals surface area (Å²) >= 11 is 0. The third kappa shape index (κ3) is 4.49. The molecule has 7 heteroatoms. The zero-order chi connectivity index (χ0) is 21.2. The number of rotatable bonds is 4. The molecule has 1 aromatic heterocycles. The molecule has 0 spiro atoms. The van der Waals surface area contributed by atoms with Crippen molar-refractivity contribution in [1.82, 2.24) is 9.88 Å². The number of hydrogen-bond acceptors (Lipinski definition) is 5. The summed E-state index contributed by atoms with van der Waals surface area (Å²) in [6.07, 6.45) is 3.35. The monoisotopic (exact) mass is 401 g/mol. The number of nitrogens with one attached hydrogen (secondary N) is 1. The average Bonchev–Trinajstić information content (AvgIpc) is 3.16. The second-order valence-corrected chi connectivity index (χ2v) is 8.37. The molecule has 29 heavy (non-hydrogen) atoms. The fourth-order valence-corrected chi connectivity index (χ4v) is 3.97. The molecule has 1 aliphatic rings. The fraction of sp³-hybridized carbons (Fsp3) is 0.545. The molecule has 1 saturated heterocycles. The molecule has 1 aromatic carbocycles. The molecule has 0 unspecified atom stereocenters. The minimum absolute atomic E-state index is 0.169. The molecule has 1 fully saturated rings. The Labute approximate surface area is 171 Å². The number of hydrogen-bond donors (Lipinski definition) is 1. The van der Waals surface area contributed by atoms with Gasteiger partial charge in [0.15, 0.2) is 0 Å². The fourth-order valence-electron chi connectivity index (χ4n) is 3.97. The summed E-state index contributed by atoms with van der Waals surface area (Å²) in [7, 11) is 1.39. The molecule has 1 aliphatic heterocycles. The largest absolute Gasteiger partial charge is 0.465 e. The Hall–Kier alpha value is -2.70. The number of aromatic nitrogens is 1. The lowest BCUT2D eigenvalue weighted by atomic mass is 10.0. The molecule has 0 bridgehead atoms. The van der Waals surface area contributed by atoms with Gasteiger partial charge in [0.05, 0.1) is 18.2 Å². The van der Waals surface area contributed by atoms with E-state index in [1.165, 1.54) is 7.11 Å². The van der Waals surface area contributed by atoms with Crippen molar-refractivity contribution in [2.75, 3.05) is 31.6 Å². The van der Waals surface area contributed by atoms with E-state index in [2.05, 4.69) is 9.88 Å². The van der Waals surface area contributed by atoms with Gasteiger partial charge in [-0.15, -0.1) is 0 Å². The van der Waals surface area contributed by atoms with Gasteiger partial charge in [-0.3, -0.25) is 0 Å². The SMILES string of the molecule is CCN(C(=O)OC(C)(C)C)C1CCN(c2ccc(C(=O)OC)c3[nH]ccc23)CC1. The molecule has 0 atom stereocenters. The summed E-state index contributed by atoms with van der Waals surface area (Å²) < 4.78 is 10.5. The van der Waals surface area contributed by atoms with E-state index in [1.54, 1.807) is 0 Å². The van der Waals surface area contributed by atoms with Crippen molar-refractivity contribution in [3.63, 3.8) is 0 Å². The van der Waals surface area contributed by atoms with Crippen molar-refractivity contribution in [2.24, 2.45) is 0 Å². The number of anilines is 1. The van der Waals surface area contributed by atoms with E-state index >= 15 is 0 Å². The lowest BCUT2D eigenvalue weighted by Gasteiger charge is -2.39. The third-order valence-corrected chi connectivity index (χ3v) is 5.32. The Kier molecular flexibility index (Phi) is 6.05. The van der Waals surface area contributed by atoms with Crippen LogP contribution in [0.5, 0.6) is 0 Å². The van der Waals surface area contributed by atoms with Gasteiger partial charge in [0.25, 0.3) is 0 Å². The van der Waals surface area contributed by atoms with Gasteiger partial charge in [0.1, 0.15) is 5.60 Å².